The Bertz CT molecular complexity index is 581. The smallest absolute Gasteiger partial charge is 0.257 e. The molecule has 112 valence electrons. The summed E-state index contributed by atoms with van der Waals surface area (Å²) in [5.41, 5.74) is 0. The minimum Gasteiger partial charge on any atom is -0.357 e. The van der Waals surface area contributed by atoms with Crippen LogP contribution in [-0.2, 0) is 0 Å². The molecule has 1 aliphatic rings. The molecule has 2 unspecified atom stereocenters. The number of rotatable bonds is 5. The lowest BCUT2D eigenvalue weighted by molar-refractivity contribution is 0.535. The molecule has 0 spiro atoms. The van der Waals surface area contributed by atoms with Crippen molar-refractivity contribution in [3.8, 4) is 5.95 Å². The van der Waals surface area contributed by atoms with E-state index in [0.717, 1.165) is 12.5 Å². The number of anilines is 2. The van der Waals surface area contributed by atoms with E-state index < -0.39 is 0 Å². The van der Waals surface area contributed by atoms with E-state index >= 15 is 0 Å². The van der Waals surface area contributed by atoms with Gasteiger partial charge in [0.15, 0.2) is 0 Å². The van der Waals surface area contributed by atoms with Crippen LogP contribution in [0.2, 0.25) is 0 Å². The summed E-state index contributed by atoms with van der Waals surface area (Å²) in [5, 5.41) is 10.5. The van der Waals surface area contributed by atoms with Gasteiger partial charge in [0.1, 0.15) is 0 Å². The molecule has 1 fully saturated rings. The molecule has 0 saturated heterocycles. The van der Waals surface area contributed by atoms with E-state index in [1.165, 1.54) is 19.3 Å². The summed E-state index contributed by atoms with van der Waals surface area (Å²) in [6.45, 7) is 3.23. The van der Waals surface area contributed by atoms with Crippen LogP contribution in [0.4, 0.5) is 11.9 Å². The molecule has 0 aromatic carbocycles. The summed E-state index contributed by atoms with van der Waals surface area (Å²) in [7, 11) is 1.80. The van der Waals surface area contributed by atoms with Crippen molar-refractivity contribution in [3.05, 3.63) is 18.5 Å². The molecule has 3 rings (SSSR count). The molecule has 7 nitrogen and oxygen atoms in total. The van der Waals surface area contributed by atoms with E-state index in [9.17, 15) is 0 Å². The van der Waals surface area contributed by atoms with Crippen LogP contribution in [0, 0.1) is 11.8 Å². The van der Waals surface area contributed by atoms with Crippen molar-refractivity contribution >= 4 is 11.9 Å². The zero-order chi connectivity index (χ0) is 14.7. The molecular weight excluding hydrogens is 266 g/mol. The van der Waals surface area contributed by atoms with Crippen LogP contribution in [0.3, 0.4) is 0 Å². The van der Waals surface area contributed by atoms with Crippen molar-refractivity contribution in [2.75, 3.05) is 24.2 Å². The second-order valence-electron chi connectivity index (χ2n) is 5.65. The second kappa shape index (κ2) is 6.07. The Hall–Kier alpha value is -2.18. The summed E-state index contributed by atoms with van der Waals surface area (Å²) < 4.78 is 1.63. The quantitative estimate of drug-likeness (QED) is 0.875. The second-order valence-corrected chi connectivity index (χ2v) is 5.65. The molecule has 0 amide bonds. The van der Waals surface area contributed by atoms with E-state index in [1.807, 2.05) is 12.3 Å². The van der Waals surface area contributed by atoms with E-state index in [4.69, 9.17) is 0 Å². The van der Waals surface area contributed by atoms with Gasteiger partial charge in [-0.05, 0) is 30.7 Å². The molecule has 7 heteroatoms. The minimum absolute atomic E-state index is 0.515. The first-order valence-electron chi connectivity index (χ1n) is 7.42. The van der Waals surface area contributed by atoms with Gasteiger partial charge >= 0.3 is 0 Å². The average molecular weight is 287 g/mol. The van der Waals surface area contributed by atoms with Gasteiger partial charge in [-0.3, -0.25) is 0 Å². The third-order valence-corrected chi connectivity index (χ3v) is 3.91. The maximum atomic E-state index is 4.43. The van der Waals surface area contributed by atoms with Gasteiger partial charge in [-0.25, -0.2) is 4.68 Å². The molecule has 2 aromatic heterocycles. The Balaban J connectivity index is 1.73. The van der Waals surface area contributed by atoms with Gasteiger partial charge in [0, 0.05) is 26.0 Å². The molecular formula is C14H21N7. The van der Waals surface area contributed by atoms with Crippen LogP contribution in [0.25, 0.3) is 5.95 Å². The minimum atomic E-state index is 0.515. The highest BCUT2D eigenvalue weighted by atomic mass is 15.4. The first kappa shape index (κ1) is 13.8. The fourth-order valence-electron chi connectivity index (χ4n) is 2.79. The average Bonchev–Trinajstić information content (AvgIpc) is 3.16. The van der Waals surface area contributed by atoms with E-state index in [2.05, 4.69) is 37.6 Å². The van der Waals surface area contributed by atoms with Gasteiger partial charge in [-0.15, -0.1) is 0 Å². The van der Waals surface area contributed by atoms with Gasteiger partial charge in [0.25, 0.3) is 5.95 Å². The summed E-state index contributed by atoms with van der Waals surface area (Å²) in [4.78, 5) is 13.1. The highest BCUT2D eigenvalue weighted by Gasteiger charge is 2.21. The van der Waals surface area contributed by atoms with Crippen molar-refractivity contribution in [3.63, 3.8) is 0 Å². The number of hydrogen-bond acceptors (Lipinski definition) is 6. The van der Waals surface area contributed by atoms with Gasteiger partial charge in [-0.2, -0.15) is 20.1 Å². The summed E-state index contributed by atoms with van der Waals surface area (Å²) in [6, 6.07) is 1.84. The maximum absolute atomic E-state index is 4.43. The summed E-state index contributed by atoms with van der Waals surface area (Å²) in [5.74, 6) is 3.20. The van der Waals surface area contributed by atoms with E-state index in [-0.39, 0.29) is 0 Å². The zero-order valence-corrected chi connectivity index (χ0v) is 12.5. The Kier molecular flexibility index (Phi) is 3.98. The highest BCUT2D eigenvalue weighted by molar-refractivity contribution is 5.37. The first-order valence-corrected chi connectivity index (χ1v) is 7.42. The fourth-order valence-corrected chi connectivity index (χ4v) is 2.79. The third-order valence-electron chi connectivity index (χ3n) is 3.91. The molecule has 2 N–H and O–H groups in total. The van der Waals surface area contributed by atoms with Crippen LogP contribution < -0.4 is 10.6 Å². The Morgan fingerprint density at radius 2 is 2.10 bits per heavy atom. The number of nitrogens with zero attached hydrogens (tertiary/aromatic N) is 5. The number of nitrogens with one attached hydrogen (secondary N) is 2. The number of aromatic nitrogens is 5. The maximum Gasteiger partial charge on any atom is 0.257 e. The lowest BCUT2D eigenvalue weighted by atomic mass is 10.1. The molecule has 0 bridgehead atoms. The fraction of sp³-hybridized carbons (Fsp3) is 0.571. The molecule has 0 radical (unpaired) electrons. The van der Waals surface area contributed by atoms with Crippen LogP contribution in [-0.4, -0.2) is 38.3 Å². The number of hydrogen-bond donors (Lipinski definition) is 2. The van der Waals surface area contributed by atoms with E-state index in [1.54, 1.807) is 17.9 Å². The topological polar surface area (TPSA) is 80.5 Å². The molecule has 2 atom stereocenters. The Morgan fingerprint density at radius 3 is 2.76 bits per heavy atom. The standard InChI is InChI=1S/C14H21N7/c1-10-4-5-11(8-10)9-16-13-18-12(15-2)19-14(20-13)21-7-3-6-17-21/h3,6-7,10-11H,4-5,8-9H2,1-2H3,(H2,15,16,18,19,20). The van der Waals surface area contributed by atoms with Crippen molar-refractivity contribution in [2.45, 2.75) is 26.2 Å². The van der Waals surface area contributed by atoms with Crippen molar-refractivity contribution in [2.24, 2.45) is 11.8 Å². The Morgan fingerprint density at radius 1 is 1.24 bits per heavy atom. The van der Waals surface area contributed by atoms with Gasteiger partial charge in [0.2, 0.25) is 11.9 Å². The van der Waals surface area contributed by atoms with E-state index in [0.29, 0.717) is 23.8 Å². The Labute approximate surface area is 124 Å². The lowest BCUT2D eigenvalue weighted by Crippen LogP contribution is -2.16. The van der Waals surface area contributed by atoms with Gasteiger partial charge < -0.3 is 10.6 Å². The molecule has 1 saturated carbocycles. The predicted molar refractivity (Wildman–Crippen MR) is 81.5 cm³/mol. The van der Waals surface area contributed by atoms with Gasteiger partial charge in [-0.1, -0.05) is 13.3 Å². The van der Waals surface area contributed by atoms with Crippen molar-refractivity contribution in [1.29, 1.82) is 0 Å². The van der Waals surface area contributed by atoms with Crippen molar-refractivity contribution in [1.82, 2.24) is 24.7 Å². The van der Waals surface area contributed by atoms with Crippen LogP contribution >= 0.6 is 0 Å². The molecule has 2 aromatic rings. The van der Waals surface area contributed by atoms with Crippen LogP contribution in [0.15, 0.2) is 18.5 Å². The van der Waals surface area contributed by atoms with Crippen molar-refractivity contribution < 1.29 is 0 Å². The normalized spacial score (nSPS) is 21.4. The largest absolute Gasteiger partial charge is 0.357 e. The third kappa shape index (κ3) is 3.29. The van der Waals surface area contributed by atoms with Crippen LogP contribution in [0.5, 0.6) is 0 Å². The zero-order valence-electron chi connectivity index (χ0n) is 12.5. The highest BCUT2D eigenvalue weighted by Crippen LogP contribution is 2.30. The lowest BCUT2D eigenvalue weighted by Gasteiger charge is -2.12. The van der Waals surface area contributed by atoms with Gasteiger partial charge in [0.05, 0.1) is 0 Å². The molecule has 0 aliphatic heterocycles. The molecule has 1 aliphatic carbocycles. The molecule has 2 heterocycles. The molecule has 21 heavy (non-hydrogen) atoms. The van der Waals surface area contributed by atoms with Crippen LogP contribution in [0.1, 0.15) is 26.2 Å². The summed E-state index contributed by atoms with van der Waals surface area (Å²) in [6.07, 6.45) is 7.41. The first-order chi connectivity index (χ1) is 10.2. The predicted octanol–water partition coefficient (Wildman–Crippen LogP) is 1.95. The SMILES string of the molecule is CNc1nc(NCC2CCC(C)C2)nc(-n2cccn2)n1. The monoisotopic (exact) mass is 287 g/mol. The summed E-state index contributed by atoms with van der Waals surface area (Å²) >= 11 is 0.